The molecule has 1 rings (SSSR count). The average molecular weight is 273 g/mol. The normalized spacial score (nSPS) is 12.9. The van der Waals surface area contributed by atoms with Crippen LogP contribution in [0.25, 0.3) is 0 Å². The van der Waals surface area contributed by atoms with Crippen LogP contribution < -0.4 is 0 Å². The van der Waals surface area contributed by atoms with Gasteiger partial charge >= 0.3 is 0 Å². The highest BCUT2D eigenvalue weighted by Gasteiger charge is 2.23. The van der Waals surface area contributed by atoms with E-state index in [4.69, 9.17) is 0 Å². The van der Waals surface area contributed by atoms with Crippen molar-refractivity contribution in [1.82, 2.24) is 0 Å². The zero-order valence-electron chi connectivity index (χ0n) is 9.05. The van der Waals surface area contributed by atoms with Crippen molar-refractivity contribution in [3.63, 3.8) is 0 Å². The molecule has 0 saturated heterocycles. The molecule has 1 aromatic carbocycles. The lowest BCUT2D eigenvalue weighted by Gasteiger charge is -2.15. The van der Waals surface area contributed by atoms with Crippen molar-refractivity contribution in [2.24, 2.45) is 11.8 Å². The third kappa shape index (κ3) is 2.65. The zero-order chi connectivity index (χ0) is 11.6. The first kappa shape index (κ1) is 12.4. The summed E-state index contributed by atoms with van der Waals surface area (Å²) in [6.45, 7) is 5.74. The third-order valence-corrected chi connectivity index (χ3v) is 3.28. The van der Waals surface area contributed by atoms with Gasteiger partial charge in [-0.05, 0) is 34.0 Å². The van der Waals surface area contributed by atoms with Crippen LogP contribution in [0.4, 0.5) is 4.39 Å². The molecule has 0 amide bonds. The van der Waals surface area contributed by atoms with Gasteiger partial charge in [0.05, 0.1) is 5.56 Å². The number of halogens is 2. The minimum absolute atomic E-state index is 0.144. The summed E-state index contributed by atoms with van der Waals surface area (Å²) in [6, 6.07) is 4.57. The molecular weight excluding hydrogens is 259 g/mol. The molecule has 0 spiro atoms. The van der Waals surface area contributed by atoms with Crippen LogP contribution in [0.5, 0.6) is 0 Å². The quantitative estimate of drug-likeness (QED) is 0.759. The van der Waals surface area contributed by atoms with E-state index in [0.717, 1.165) is 0 Å². The van der Waals surface area contributed by atoms with Gasteiger partial charge in [0.1, 0.15) is 5.82 Å². The summed E-state index contributed by atoms with van der Waals surface area (Å²) < 4.78 is 14.0. The van der Waals surface area contributed by atoms with E-state index >= 15 is 0 Å². The molecule has 0 N–H and O–H groups in total. The van der Waals surface area contributed by atoms with E-state index in [1.807, 2.05) is 20.8 Å². The van der Waals surface area contributed by atoms with Crippen LogP contribution in [0.2, 0.25) is 0 Å². The largest absolute Gasteiger partial charge is 0.294 e. The Hall–Kier alpha value is -0.700. The summed E-state index contributed by atoms with van der Waals surface area (Å²) in [7, 11) is 0. The minimum Gasteiger partial charge on any atom is -0.294 e. The summed E-state index contributed by atoms with van der Waals surface area (Å²) in [5.74, 6) is -0.556. The van der Waals surface area contributed by atoms with Crippen LogP contribution in [0.15, 0.2) is 22.7 Å². The summed E-state index contributed by atoms with van der Waals surface area (Å²) >= 11 is 3.20. The second-order valence-corrected chi connectivity index (χ2v) is 4.85. The van der Waals surface area contributed by atoms with Crippen molar-refractivity contribution >= 4 is 21.7 Å². The summed E-state index contributed by atoms with van der Waals surface area (Å²) in [4.78, 5) is 12.0. The maximum Gasteiger partial charge on any atom is 0.170 e. The number of rotatable bonds is 3. The SMILES string of the molecule is CC(C)C(C)C(=O)c1c(F)cccc1Br. The molecule has 1 nitrogen and oxygen atoms in total. The lowest BCUT2D eigenvalue weighted by Crippen LogP contribution is -2.18. The molecule has 1 unspecified atom stereocenters. The van der Waals surface area contributed by atoms with Crippen LogP contribution in [-0.4, -0.2) is 5.78 Å². The summed E-state index contributed by atoms with van der Waals surface area (Å²) in [6.07, 6.45) is 0. The van der Waals surface area contributed by atoms with Gasteiger partial charge in [0.15, 0.2) is 5.78 Å². The summed E-state index contributed by atoms with van der Waals surface area (Å²) in [5, 5.41) is 0. The van der Waals surface area contributed by atoms with Crippen molar-refractivity contribution in [1.29, 1.82) is 0 Å². The molecule has 1 aromatic rings. The first-order valence-corrected chi connectivity index (χ1v) is 5.72. The van der Waals surface area contributed by atoms with Gasteiger partial charge in [-0.25, -0.2) is 4.39 Å². The Morgan fingerprint density at radius 3 is 2.40 bits per heavy atom. The van der Waals surface area contributed by atoms with E-state index in [1.165, 1.54) is 6.07 Å². The number of Topliss-reactive ketones (excluding diaryl/α,β-unsaturated/α-hetero) is 1. The molecule has 3 heteroatoms. The smallest absolute Gasteiger partial charge is 0.170 e. The van der Waals surface area contributed by atoms with Gasteiger partial charge in [-0.2, -0.15) is 0 Å². The molecule has 0 aliphatic rings. The van der Waals surface area contributed by atoms with Crippen LogP contribution in [-0.2, 0) is 0 Å². The molecule has 0 saturated carbocycles. The van der Waals surface area contributed by atoms with Gasteiger partial charge in [-0.3, -0.25) is 4.79 Å². The highest BCUT2D eigenvalue weighted by Crippen LogP contribution is 2.25. The lowest BCUT2D eigenvalue weighted by molar-refractivity contribution is 0.0894. The van der Waals surface area contributed by atoms with Gasteiger partial charge in [-0.1, -0.05) is 26.8 Å². The molecule has 0 bridgehead atoms. The zero-order valence-corrected chi connectivity index (χ0v) is 10.6. The molecular formula is C12H14BrFO. The Labute approximate surface area is 97.8 Å². The number of hydrogen-bond acceptors (Lipinski definition) is 1. The Kier molecular flexibility index (Phi) is 4.03. The summed E-state index contributed by atoms with van der Waals surface area (Å²) in [5.41, 5.74) is 0.165. The Morgan fingerprint density at radius 2 is 1.93 bits per heavy atom. The standard InChI is InChI=1S/C12H14BrFO/c1-7(2)8(3)12(15)11-9(13)5-4-6-10(11)14/h4-8H,1-3H3. The van der Waals surface area contributed by atoms with E-state index in [0.29, 0.717) is 4.47 Å². The van der Waals surface area contributed by atoms with Crippen molar-refractivity contribution < 1.29 is 9.18 Å². The first-order chi connectivity index (χ1) is 6.95. The molecule has 0 aromatic heterocycles. The van der Waals surface area contributed by atoms with Gasteiger partial charge in [0, 0.05) is 10.4 Å². The molecule has 0 aliphatic heterocycles. The maximum absolute atomic E-state index is 13.5. The van der Waals surface area contributed by atoms with Gasteiger partial charge < -0.3 is 0 Å². The predicted molar refractivity (Wildman–Crippen MR) is 62.4 cm³/mol. The topological polar surface area (TPSA) is 17.1 Å². The van der Waals surface area contributed by atoms with Crippen molar-refractivity contribution in [2.75, 3.05) is 0 Å². The average Bonchev–Trinajstić information content (AvgIpc) is 2.15. The van der Waals surface area contributed by atoms with Crippen LogP contribution in [0, 0.1) is 17.7 Å². The van der Waals surface area contributed by atoms with E-state index in [2.05, 4.69) is 15.9 Å². The van der Waals surface area contributed by atoms with Crippen LogP contribution >= 0.6 is 15.9 Å². The fourth-order valence-corrected chi connectivity index (χ4v) is 1.80. The second kappa shape index (κ2) is 4.88. The molecule has 0 heterocycles. The number of hydrogen-bond donors (Lipinski definition) is 0. The van der Waals surface area contributed by atoms with Crippen molar-refractivity contribution in [3.05, 3.63) is 34.1 Å². The highest BCUT2D eigenvalue weighted by atomic mass is 79.9. The van der Waals surface area contributed by atoms with Crippen LogP contribution in [0.1, 0.15) is 31.1 Å². The van der Waals surface area contributed by atoms with Gasteiger partial charge in [0.25, 0.3) is 0 Å². The Bertz CT molecular complexity index is 354. The molecule has 0 fully saturated rings. The van der Waals surface area contributed by atoms with Crippen molar-refractivity contribution in [3.8, 4) is 0 Å². The Morgan fingerprint density at radius 1 is 1.33 bits per heavy atom. The van der Waals surface area contributed by atoms with Crippen LogP contribution in [0.3, 0.4) is 0 Å². The molecule has 1 atom stereocenters. The molecule has 15 heavy (non-hydrogen) atoms. The monoisotopic (exact) mass is 272 g/mol. The number of benzene rings is 1. The van der Waals surface area contributed by atoms with Gasteiger partial charge in [0.2, 0.25) is 0 Å². The predicted octanol–water partition coefficient (Wildman–Crippen LogP) is 4.06. The third-order valence-electron chi connectivity index (χ3n) is 2.62. The van der Waals surface area contributed by atoms with E-state index in [1.54, 1.807) is 12.1 Å². The molecule has 0 radical (unpaired) electrons. The number of carbonyl (C=O) groups is 1. The van der Waals surface area contributed by atoms with Crippen molar-refractivity contribution in [2.45, 2.75) is 20.8 Å². The maximum atomic E-state index is 13.5. The molecule has 0 aliphatic carbocycles. The fraction of sp³-hybridized carbons (Fsp3) is 0.417. The van der Waals surface area contributed by atoms with E-state index < -0.39 is 5.82 Å². The lowest BCUT2D eigenvalue weighted by atomic mass is 9.89. The van der Waals surface area contributed by atoms with E-state index in [-0.39, 0.29) is 23.2 Å². The molecule has 82 valence electrons. The fourth-order valence-electron chi connectivity index (χ4n) is 1.26. The minimum atomic E-state index is -0.457. The van der Waals surface area contributed by atoms with E-state index in [9.17, 15) is 9.18 Å². The number of ketones is 1. The highest BCUT2D eigenvalue weighted by molar-refractivity contribution is 9.10. The number of carbonyl (C=O) groups excluding carboxylic acids is 1. The second-order valence-electron chi connectivity index (χ2n) is 3.99. The first-order valence-electron chi connectivity index (χ1n) is 4.93. The Balaban J connectivity index is 3.11. The van der Waals surface area contributed by atoms with Gasteiger partial charge in [-0.15, -0.1) is 0 Å².